The lowest BCUT2D eigenvalue weighted by Crippen LogP contribution is -2.39. The number of hydrogen-bond donors (Lipinski definition) is 2. The zero-order valence-corrected chi connectivity index (χ0v) is 17.1. The Bertz CT molecular complexity index is 856. The van der Waals surface area contributed by atoms with Crippen LogP contribution in [0.4, 0.5) is 11.4 Å². The number of carbonyl (C=O) groups excluding carboxylic acids is 1. The number of carbonyl (C=O) groups is 1. The number of aryl methyl sites for hydroxylation is 1. The Kier molecular flexibility index (Phi) is 7.08. The number of nitrogens with zero attached hydrogens (tertiary/aromatic N) is 1. The van der Waals surface area contributed by atoms with Crippen LogP contribution in [0, 0.1) is 6.92 Å². The summed E-state index contributed by atoms with van der Waals surface area (Å²) in [7, 11) is 0. The molecule has 0 saturated carbocycles. The molecule has 0 spiro atoms. The molecule has 0 radical (unpaired) electrons. The lowest BCUT2D eigenvalue weighted by atomic mass is 10.2. The molecule has 0 unspecified atom stereocenters. The zero-order valence-electron chi connectivity index (χ0n) is 15.5. The Morgan fingerprint density at radius 3 is 2.75 bits per heavy atom. The van der Waals surface area contributed by atoms with Crippen LogP contribution in [0.1, 0.15) is 5.56 Å². The largest absolute Gasteiger partial charge is 0.484 e. The van der Waals surface area contributed by atoms with Gasteiger partial charge in [0.1, 0.15) is 5.75 Å². The van der Waals surface area contributed by atoms with E-state index in [9.17, 15) is 4.79 Å². The molecule has 0 bridgehead atoms. The van der Waals surface area contributed by atoms with Crippen molar-refractivity contribution >= 4 is 46.2 Å². The van der Waals surface area contributed by atoms with Gasteiger partial charge in [-0.05, 0) is 55.0 Å². The fourth-order valence-corrected chi connectivity index (χ4v) is 3.17. The minimum absolute atomic E-state index is 0.145. The van der Waals surface area contributed by atoms with E-state index < -0.39 is 0 Å². The van der Waals surface area contributed by atoms with Crippen LogP contribution < -0.4 is 20.3 Å². The highest BCUT2D eigenvalue weighted by molar-refractivity contribution is 7.80. The van der Waals surface area contributed by atoms with Crippen molar-refractivity contribution in [3.05, 3.63) is 53.1 Å². The van der Waals surface area contributed by atoms with Gasteiger partial charge in [-0.25, -0.2) is 0 Å². The number of nitrogens with one attached hydrogen (secondary N) is 2. The molecule has 3 rings (SSSR count). The highest BCUT2D eigenvalue weighted by Gasteiger charge is 2.15. The van der Waals surface area contributed by atoms with Gasteiger partial charge in [-0.3, -0.25) is 10.1 Å². The SMILES string of the molecule is Cc1cc(OCC(=O)NC(=S)Nc2ccccc2N2CCOCC2)ccc1Cl. The van der Waals surface area contributed by atoms with Gasteiger partial charge >= 0.3 is 0 Å². The van der Waals surface area contributed by atoms with E-state index in [0.29, 0.717) is 24.0 Å². The number of ether oxygens (including phenoxy) is 2. The van der Waals surface area contributed by atoms with Crippen molar-refractivity contribution in [2.24, 2.45) is 0 Å². The highest BCUT2D eigenvalue weighted by atomic mass is 35.5. The average molecular weight is 420 g/mol. The molecular weight excluding hydrogens is 398 g/mol. The smallest absolute Gasteiger partial charge is 0.264 e. The first kappa shape index (κ1) is 20.4. The third-order valence-electron chi connectivity index (χ3n) is 4.26. The van der Waals surface area contributed by atoms with Gasteiger partial charge in [-0.2, -0.15) is 0 Å². The molecule has 1 fully saturated rings. The normalized spacial score (nSPS) is 13.7. The van der Waals surface area contributed by atoms with Crippen LogP contribution in [0.15, 0.2) is 42.5 Å². The molecular formula is C20H22ClN3O3S. The number of morpholine rings is 1. The first-order valence-electron chi connectivity index (χ1n) is 8.94. The maximum atomic E-state index is 12.1. The first-order chi connectivity index (χ1) is 13.5. The van der Waals surface area contributed by atoms with E-state index in [1.165, 1.54) is 0 Å². The molecule has 1 heterocycles. The summed E-state index contributed by atoms with van der Waals surface area (Å²) in [5.74, 6) is 0.238. The summed E-state index contributed by atoms with van der Waals surface area (Å²) in [5.41, 5.74) is 2.75. The Hall–Kier alpha value is -2.35. The molecule has 0 aliphatic carbocycles. The summed E-state index contributed by atoms with van der Waals surface area (Å²) in [6.45, 7) is 4.74. The molecule has 0 aromatic heterocycles. The third kappa shape index (κ3) is 5.58. The molecule has 1 aliphatic heterocycles. The van der Waals surface area contributed by atoms with Crippen molar-refractivity contribution in [1.29, 1.82) is 0 Å². The van der Waals surface area contributed by atoms with Gasteiger partial charge in [0, 0.05) is 18.1 Å². The van der Waals surface area contributed by atoms with Crippen LogP contribution in [-0.2, 0) is 9.53 Å². The minimum Gasteiger partial charge on any atom is -0.484 e. The van der Waals surface area contributed by atoms with Gasteiger partial charge in [-0.15, -0.1) is 0 Å². The van der Waals surface area contributed by atoms with E-state index in [-0.39, 0.29) is 17.6 Å². The fraction of sp³-hybridized carbons (Fsp3) is 0.300. The second-order valence-corrected chi connectivity index (χ2v) is 7.13. The molecule has 28 heavy (non-hydrogen) atoms. The Labute approximate surface area is 174 Å². The summed E-state index contributed by atoms with van der Waals surface area (Å²) in [6.07, 6.45) is 0. The van der Waals surface area contributed by atoms with Crippen LogP contribution in [-0.4, -0.2) is 43.9 Å². The number of halogens is 1. The summed E-state index contributed by atoms with van der Waals surface area (Å²) < 4.78 is 10.9. The molecule has 2 aromatic rings. The van der Waals surface area contributed by atoms with Crippen LogP contribution >= 0.6 is 23.8 Å². The molecule has 1 saturated heterocycles. The molecule has 8 heteroatoms. The molecule has 6 nitrogen and oxygen atoms in total. The second-order valence-electron chi connectivity index (χ2n) is 6.32. The van der Waals surface area contributed by atoms with Gasteiger partial charge in [0.25, 0.3) is 5.91 Å². The van der Waals surface area contributed by atoms with Crippen LogP contribution in [0.2, 0.25) is 5.02 Å². The van der Waals surface area contributed by atoms with E-state index in [1.807, 2.05) is 31.2 Å². The van der Waals surface area contributed by atoms with E-state index >= 15 is 0 Å². The molecule has 1 amide bonds. The zero-order chi connectivity index (χ0) is 19.9. The third-order valence-corrected chi connectivity index (χ3v) is 4.88. The monoisotopic (exact) mass is 419 g/mol. The maximum absolute atomic E-state index is 12.1. The van der Waals surface area contributed by atoms with Crippen molar-refractivity contribution in [2.45, 2.75) is 6.92 Å². The predicted octanol–water partition coefficient (Wildman–Crippen LogP) is 3.38. The number of rotatable bonds is 5. The lowest BCUT2D eigenvalue weighted by molar-refractivity contribution is -0.121. The van der Waals surface area contributed by atoms with Gasteiger partial charge in [0.2, 0.25) is 0 Å². The molecule has 0 atom stereocenters. The van der Waals surface area contributed by atoms with Crippen LogP contribution in [0.25, 0.3) is 0 Å². The summed E-state index contributed by atoms with van der Waals surface area (Å²) in [4.78, 5) is 14.4. The van der Waals surface area contributed by atoms with E-state index in [1.54, 1.807) is 18.2 Å². The molecule has 2 aromatic carbocycles. The van der Waals surface area contributed by atoms with Crippen molar-refractivity contribution in [3.63, 3.8) is 0 Å². The lowest BCUT2D eigenvalue weighted by Gasteiger charge is -2.30. The Morgan fingerprint density at radius 2 is 2.00 bits per heavy atom. The number of hydrogen-bond acceptors (Lipinski definition) is 5. The maximum Gasteiger partial charge on any atom is 0.264 e. The van der Waals surface area contributed by atoms with Gasteiger partial charge in [-0.1, -0.05) is 23.7 Å². The van der Waals surface area contributed by atoms with Gasteiger partial charge in [0.05, 0.1) is 24.6 Å². The second kappa shape index (κ2) is 9.73. The first-order valence-corrected chi connectivity index (χ1v) is 9.73. The standard InChI is InChI=1S/C20H22ClN3O3S/c1-14-12-15(6-7-16(14)21)27-13-19(25)23-20(28)22-17-4-2-3-5-18(17)24-8-10-26-11-9-24/h2-7,12H,8-11,13H2,1H3,(H2,22,23,25,28). The number of amides is 1. The number of thiocarbonyl (C=S) groups is 1. The summed E-state index contributed by atoms with van der Waals surface area (Å²) in [6, 6.07) is 13.1. The van der Waals surface area contributed by atoms with E-state index in [2.05, 4.69) is 15.5 Å². The van der Waals surface area contributed by atoms with Crippen molar-refractivity contribution in [3.8, 4) is 5.75 Å². The van der Waals surface area contributed by atoms with Crippen molar-refractivity contribution in [2.75, 3.05) is 43.1 Å². The van der Waals surface area contributed by atoms with Gasteiger partial charge in [0.15, 0.2) is 11.7 Å². The molecule has 148 valence electrons. The Balaban J connectivity index is 1.53. The topological polar surface area (TPSA) is 62.8 Å². The Morgan fingerprint density at radius 1 is 1.25 bits per heavy atom. The number of benzene rings is 2. The van der Waals surface area contributed by atoms with Crippen LogP contribution in [0.3, 0.4) is 0 Å². The van der Waals surface area contributed by atoms with E-state index in [4.69, 9.17) is 33.3 Å². The number of anilines is 2. The van der Waals surface area contributed by atoms with Crippen molar-refractivity contribution < 1.29 is 14.3 Å². The van der Waals surface area contributed by atoms with Crippen LogP contribution in [0.5, 0.6) is 5.75 Å². The van der Waals surface area contributed by atoms with E-state index in [0.717, 1.165) is 30.0 Å². The van der Waals surface area contributed by atoms with Gasteiger partial charge < -0.3 is 19.7 Å². The molecule has 2 N–H and O–H groups in total. The fourth-order valence-electron chi connectivity index (χ4n) is 2.83. The molecule has 1 aliphatic rings. The summed E-state index contributed by atoms with van der Waals surface area (Å²) >= 11 is 11.3. The highest BCUT2D eigenvalue weighted by Crippen LogP contribution is 2.26. The quantitative estimate of drug-likeness (QED) is 0.724. The number of para-hydroxylation sites is 2. The summed E-state index contributed by atoms with van der Waals surface area (Å²) in [5, 5.41) is 6.62. The minimum atomic E-state index is -0.339. The van der Waals surface area contributed by atoms with Crippen molar-refractivity contribution in [1.82, 2.24) is 5.32 Å². The average Bonchev–Trinajstić information content (AvgIpc) is 2.70. The predicted molar refractivity (Wildman–Crippen MR) is 116 cm³/mol.